The second kappa shape index (κ2) is 4.29. The minimum Gasteiger partial charge on any atom is -0.491 e. The number of nitrogen functional groups attached to an aromatic ring is 1. The summed E-state index contributed by atoms with van der Waals surface area (Å²) in [6.07, 6.45) is 5.36. The number of nitrogens with zero attached hydrogens (tertiary/aromatic N) is 1. The molecule has 0 saturated heterocycles. The molecule has 4 heteroatoms. The van der Waals surface area contributed by atoms with Crippen molar-refractivity contribution in [3.8, 4) is 5.75 Å². The predicted molar refractivity (Wildman–Crippen MR) is 58.1 cm³/mol. The van der Waals surface area contributed by atoms with Gasteiger partial charge in [0.25, 0.3) is 0 Å². The Hall–Kier alpha value is -1.58. The molecule has 0 bridgehead atoms. The van der Waals surface area contributed by atoms with E-state index in [0.29, 0.717) is 18.1 Å². The van der Waals surface area contributed by atoms with Crippen molar-refractivity contribution in [2.75, 3.05) is 6.61 Å². The van der Waals surface area contributed by atoms with Gasteiger partial charge in [-0.15, -0.1) is 0 Å². The molecule has 0 aromatic carbocycles. The fourth-order valence-corrected chi connectivity index (χ4v) is 1.45. The van der Waals surface area contributed by atoms with Gasteiger partial charge in [-0.25, -0.2) is 4.98 Å². The second-order valence-electron chi connectivity index (χ2n) is 3.84. The number of nitrogens with two attached hydrogens (primary N) is 1. The van der Waals surface area contributed by atoms with Gasteiger partial charge in [-0.2, -0.15) is 0 Å². The monoisotopic (exact) mass is 205 g/mol. The van der Waals surface area contributed by atoms with Crippen molar-refractivity contribution >= 4 is 5.84 Å². The molecule has 4 nitrogen and oxygen atoms in total. The van der Waals surface area contributed by atoms with Crippen LogP contribution in [0.25, 0.3) is 0 Å². The third-order valence-electron chi connectivity index (χ3n) is 2.51. The van der Waals surface area contributed by atoms with E-state index in [9.17, 15) is 0 Å². The lowest BCUT2D eigenvalue weighted by atomic mass is 10.3. The Balaban J connectivity index is 1.95. The van der Waals surface area contributed by atoms with Crippen LogP contribution in [0.15, 0.2) is 18.3 Å². The molecule has 0 aliphatic heterocycles. The maximum absolute atomic E-state index is 7.34. The van der Waals surface area contributed by atoms with E-state index in [-0.39, 0.29) is 5.84 Å². The lowest BCUT2D eigenvalue weighted by molar-refractivity contribution is 0.300. The van der Waals surface area contributed by atoms with E-state index in [1.54, 1.807) is 18.3 Å². The van der Waals surface area contributed by atoms with E-state index in [2.05, 4.69) is 4.98 Å². The fourth-order valence-electron chi connectivity index (χ4n) is 1.45. The van der Waals surface area contributed by atoms with Crippen molar-refractivity contribution in [2.45, 2.75) is 19.3 Å². The lowest BCUT2D eigenvalue weighted by Gasteiger charge is -2.08. The van der Waals surface area contributed by atoms with Gasteiger partial charge in [0.05, 0.1) is 6.61 Å². The normalized spacial score (nSPS) is 14.9. The molecule has 15 heavy (non-hydrogen) atoms. The first kappa shape index (κ1) is 9.96. The van der Waals surface area contributed by atoms with E-state index in [0.717, 1.165) is 12.3 Å². The molecule has 0 spiro atoms. The summed E-state index contributed by atoms with van der Waals surface area (Å²) in [6, 6.07) is 3.59. The highest BCUT2D eigenvalue weighted by molar-refractivity contribution is 5.95. The Bertz CT molecular complexity index is 361. The number of hydrogen-bond donors (Lipinski definition) is 2. The highest BCUT2D eigenvalue weighted by Gasteiger charge is 2.21. The van der Waals surface area contributed by atoms with Gasteiger partial charge in [-0.3, -0.25) is 5.41 Å². The summed E-state index contributed by atoms with van der Waals surface area (Å²) in [4.78, 5) is 4.02. The molecule has 1 saturated carbocycles. The Labute approximate surface area is 89.0 Å². The van der Waals surface area contributed by atoms with Crippen LogP contribution in [0.1, 0.15) is 25.0 Å². The SMILES string of the molecule is N=C(N)c1ncccc1OCCC1CC1. The van der Waals surface area contributed by atoms with Gasteiger partial charge < -0.3 is 10.5 Å². The lowest BCUT2D eigenvalue weighted by Crippen LogP contribution is -2.15. The maximum atomic E-state index is 7.34. The van der Waals surface area contributed by atoms with Gasteiger partial charge in [-0.1, -0.05) is 12.8 Å². The molecule has 1 aromatic rings. The number of pyridine rings is 1. The van der Waals surface area contributed by atoms with E-state index in [1.165, 1.54) is 12.8 Å². The summed E-state index contributed by atoms with van der Waals surface area (Å²) in [5, 5.41) is 7.34. The minimum absolute atomic E-state index is 0.0444. The first-order valence-electron chi connectivity index (χ1n) is 5.19. The average molecular weight is 205 g/mol. The fraction of sp³-hybridized carbons (Fsp3) is 0.455. The van der Waals surface area contributed by atoms with Crippen molar-refractivity contribution in [3.63, 3.8) is 0 Å². The third kappa shape index (κ3) is 2.68. The predicted octanol–water partition coefficient (Wildman–Crippen LogP) is 1.54. The topological polar surface area (TPSA) is 72.0 Å². The van der Waals surface area contributed by atoms with Crippen molar-refractivity contribution in [1.82, 2.24) is 4.98 Å². The molecule has 2 rings (SSSR count). The van der Waals surface area contributed by atoms with Crippen molar-refractivity contribution < 1.29 is 4.74 Å². The molecule has 1 aliphatic carbocycles. The number of rotatable bonds is 5. The first-order valence-corrected chi connectivity index (χ1v) is 5.19. The number of ether oxygens (including phenoxy) is 1. The van der Waals surface area contributed by atoms with E-state index in [1.807, 2.05) is 0 Å². The quantitative estimate of drug-likeness (QED) is 0.565. The van der Waals surface area contributed by atoms with Crippen LogP contribution in [0.3, 0.4) is 0 Å². The standard InChI is InChI=1S/C11H15N3O/c12-11(13)10-9(2-1-6-14-10)15-7-5-8-3-4-8/h1-2,6,8H,3-5,7H2,(H3,12,13). The van der Waals surface area contributed by atoms with Crippen LogP contribution < -0.4 is 10.5 Å². The molecule has 0 amide bonds. The van der Waals surface area contributed by atoms with Gasteiger partial charge >= 0.3 is 0 Å². The molecular formula is C11H15N3O. The molecular weight excluding hydrogens is 190 g/mol. The summed E-state index contributed by atoms with van der Waals surface area (Å²) in [7, 11) is 0. The van der Waals surface area contributed by atoms with Crippen LogP contribution in [-0.4, -0.2) is 17.4 Å². The third-order valence-corrected chi connectivity index (χ3v) is 2.51. The number of hydrogen-bond acceptors (Lipinski definition) is 3. The number of amidine groups is 1. The number of nitrogens with one attached hydrogen (secondary N) is 1. The zero-order valence-electron chi connectivity index (χ0n) is 8.57. The van der Waals surface area contributed by atoms with Crippen LogP contribution in [-0.2, 0) is 0 Å². The van der Waals surface area contributed by atoms with Gasteiger partial charge in [0.1, 0.15) is 17.3 Å². The van der Waals surface area contributed by atoms with E-state index < -0.39 is 0 Å². The summed E-state index contributed by atoms with van der Waals surface area (Å²) < 4.78 is 5.57. The summed E-state index contributed by atoms with van der Waals surface area (Å²) in [6.45, 7) is 0.691. The minimum atomic E-state index is -0.0444. The molecule has 80 valence electrons. The Kier molecular flexibility index (Phi) is 2.85. The molecule has 0 unspecified atom stereocenters. The molecule has 1 aromatic heterocycles. The van der Waals surface area contributed by atoms with E-state index >= 15 is 0 Å². The van der Waals surface area contributed by atoms with E-state index in [4.69, 9.17) is 15.9 Å². The van der Waals surface area contributed by atoms with Crippen LogP contribution in [0, 0.1) is 11.3 Å². The van der Waals surface area contributed by atoms with Crippen molar-refractivity contribution in [3.05, 3.63) is 24.0 Å². The summed E-state index contributed by atoms with van der Waals surface area (Å²) in [5.41, 5.74) is 5.84. The van der Waals surface area contributed by atoms with Gasteiger partial charge in [0.15, 0.2) is 0 Å². The summed E-state index contributed by atoms with van der Waals surface area (Å²) in [5.74, 6) is 1.42. The molecule has 0 radical (unpaired) electrons. The molecule has 1 heterocycles. The molecule has 3 N–H and O–H groups in total. The van der Waals surface area contributed by atoms with Crippen molar-refractivity contribution in [2.24, 2.45) is 11.7 Å². The zero-order chi connectivity index (χ0) is 10.7. The Morgan fingerprint density at radius 3 is 3.07 bits per heavy atom. The largest absolute Gasteiger partial charge is 0.491 e. The summed E-state index contributed by atoms with van der Waals surface area (Å²) >= 11 is 0. The first-order chi connectivity index (χ1) is 7.27. The number of aromatic nitrogens is 1. The smallest absolute Gasteiger partial charge is 0.148 e. The van der Waals surface area contributed by atoms with Crippen LogP contribution >= 0.6 is 0 Å². The molecule has 0 atom stereocenters. The van der Waals surface area contributed by atoms with Crippen molar-refractivity contribution in [1.29, 1.82) is 5.41 Å². The second-order valence-corrected chi connectivity index (χ2v) is 3.84. The average Bonchev–Trinajstić information content (AvgIpc) is 3.02. The maximum Gasteiger partial charge on any atom is 0.148 e. The zero-order valence-corrected chi connectivity index (χ0v) is 8.57. The van der Waals surface area contributed by atoms with Gasteiger partial charge in [0.2, 0.25) is 0 Å². The highest BCUT2D eigenvalue weighted by atomic mass is 16.5. The molecule has 1 fully saturated rings. The van der Waals surface area contributed by atoms with Crippen LogP contribution in [0.2, 0.25) is 0 Å². The van der Waals surface area contributed by atoms with Gasteiger partial charge in [0, 0.05) is 6.20 Å². The van der Waals surface area contributed by atoms with Crippen LogP contribution in [0.4, 0.5) is 0 Å². The highest BCUT2D eigenvalue weighted by Crippen LogP contribution is 2.32. The molecule has 1 aliphatic rings. The Morgan fingerprint density at radius 2 is 2.40 bits per heavy atom. The van der Waals surface area contributed by atoms with Gasteiger partial charge in [-0.05, 0) is 24.5 Å². The van der Waals surface area contributed by atoms with Crippen LogP contribution in [0.5, 0.6) is 5.75 Å². The Morgan fingerprint density at radius 1 is 1.60 bits per heavy atom.